The van der Waals surface area contributed by atoms with Crippen LogP contribution < -0.4 is 10.2 Å². The van der Waals surface area contributed by atoms with Gasteiger partial charge in [0, 0.05) is 24.8 Å². The van der Waals surface area contributed by atoms with Crippen molar-refractivity contribution in [1.82, 2.24) is 5.32 Å². The first kappa shape index (κ1) is 13.9. The lowest BCUT2D eigenvalue weighted by Gasteiger charge is -2.45. The molecule has 0 spiro atoms. The van der Waals surface area contributed by atoms with Gasteiger partial charge >= 0.3 is 0 Å². The van der Waals surface area contributed by atoms with Gasteiger partial charge in [0.25, 0.3) is 0 Å². The van der Waals surface area contributed by atoms with Crippen LogP contribution in [0.1, 0.15) is 49.7 Å². The molecule has 110 valence electrons. The first-order valence-corrected chi connectivity index (χ1v) is 8.30. The fraction of sp³-hybridized carbons (Fsp3) is 0.667. The van der Waals surface area contributed by atoms with Crippen molar-refractivity contribution in [1.29, 1.82) is 0 Å². The Morgan fingerprint density at radius 1 is 1.15 bits per heavy atom. The van der Waals surface area contributed by atoms with Gasteiger partial charge in [0.2, 0.25) is 0 Å². The Morgan fingerprint density at radius 3 is 2.75 bits per heavy atom. The molecule has 2 nitrogen and oxygen atoms in total. The van der Waals surface area contributed by atoms with Gasteiger partial charge in [-0.2, -0.15) is 0 Å². The zero-order chi connectivity index (χ0) is 13.9. The summed E-state index contributed by atoms with van der Waals surface area (Å²) < 4.78 is 0. The van der Waals surface area contributed by atoms with E-state index >= 15 is 0 Å². The predicted octanol–water partition coefficient (Wildman–Crippen LogP) is 3.87. The molecule has 2 unspecified atom stereocenters. The maximum absolute atomic E-state index is 3.26. The van der Waals surface area contributed by atoms with Crippen LogP contribution in [0, 0.1) is 12.8 Å². The Hall–Kier alpha value is -1.02. The van der Waals surface area contributed by atoms with Crippen molar-refractivity contribution in [3.8, 4) is 0 Å². The van der Waals surface area contributed by atoms with E-state index < -0.39 is 0 Å². The second-order valence-electron chi connectivity index (χ2n) is 6.59. The average Bonchev–Trinajstić information content (AvgIpc) is 2.49. The number of hydrogen-bond donors (Lipinski definition) is 1. The molecule has 2 atom stereocenters. The highest BCUT2D eigenvalue weighted by Crippen LogP contribution is 2.38. The standard InChI is InChI=1S/C18H28N2/c1-14-12-17(10-9-16(14)13-19-2)20-11-5-7-15-6-3-4-8-18(15)20/h9-10,12,15,18-19H,3-8,11,13H2,1-2H3. The highest BCUT2D eigenvalue weighted by atomic mass is 15.2. The average molecular weight is 272 g/mol. The normalized spacial score (nSPS) is 26.4. The van der Waals surface area contributed by atoms with E-state index in [9.17, 15) is 0 Å². The number of anilines is 1. The summed E-state index contributed by atoms with van der Waals surface area (Å²) in [6.45, 7) is 4.47. The number of benzene rings is 1. The Labute approximate surface area is 123 Å². The minimum absolute atomic E-state index is 0.812. The molecule has 1 saturated heterocycles. The second kappa shape index (κ2) is 6.17. The lowest BCUT2D eigenvalue weighted by atomic mass is 9.78. The molecule has 1 aromatic rings. The van der Waals surface area contributed by atoms with Crippen LogP contribution in [0.3, 0.4) is 0 Å². The molecule has 1 aromatic carbocycles. The fourth-order valence-electron chi connectivity index (χ4n) is 4.19. The summed E-state index contributed by atoms with van der Waals surface area (Å²) in [7, 11) is 2.02. The Balaban J connectivity index is 1.82. The van der Waals surface area contributed by atoms with Gasteiger partial charge in [0.15, 0.2) is 0 Å². The second-order valence-corrected chi connectivity index (χ2v) is 6.59. The van der Waals surface area contributed by atoms with E-state index in [1.807, 2.05) is 7.05 Å². The summed E-state index contributed by atoms with van der Waals surface area (Å²) in [6.07, 6.45) is 8.57. The summed E-state index contributed by atoms with van der Waals surface area (Å²) in [5, 5.41) is 3.26. The highest BCUT2D eigenvalue weighted by molar-refractivity contribution is 5.52. The van der Waals surface area contributed by atoms with Crippen molar-refractivity contribution < 1.29 is 0 Å². The Bertz CT molecular complexity index is 453. The van der Waals surface area contributed by atoms with Gasteiger partial charge in [-0.1, -0.05) is 18.9 Å². The van der Waals surface area contributed by atoms with Gasteiger partial charge in [-0.25, -0.2) is 0 Å². The molecule has 3 rings (SSSR count). The minimum atomic E-state index is 0.812. The highest BCUT2D eigenvalue weighted by Gasteiger charge is 2.33. The van der Waals surface area contributed by atoms with Gasteiger partial charge in [-0.15, -0.1) is 0 Å². The van der Waals surface area contributed by atoms with E-state index in [1.165, 1.54) is 61.9 Å². The minimum Gasteiger partial charge on any atom is -0.368 e. The zero-order valence-corrected chi connectivity index (χ0v) is 13.0. The van der Waals surface area contributed by atoms with Crippen molar-refractivity contribution in [3.63, 3.8) is 0 Å². The zero-order valence-electron chi connectivity index (χ0n) is 13.0. The third kappa shape index (κ3) is 2.71. The number of nitrogens with one attached hydrogen (secondary N) is 1. The predicted molar refractivity (Wildman–Crippen MR) is 86.3 cm³/mol. The van der Waals surface area contributed by atoms with Crippen LogP contribution in [0.15, 0.2) is 18.2 Å². The van der Waals surface area contributed by atoms with Crippen molar-refractivity contribution in [2.75, 3.05) is 18.5 Å². The van der Waals surface area contributed by atoms with Crippen LogP contribution in [0.5, 0.6) is 0 Å². The smallest absolute Gasteiger partial charge is 0.0371 e. The van der Waals surface area contributed by atoms with Crippen molar-refractivity contribution in [2.24, 2.45) is 5.92 Å². The van der Waals surface area contributed by atoms with E-state index in [2.05, 4.69) is 35.3 Å². The molecule has 20 heavy (non-hydrogen) atoms. The summed E-state index contributed by atoms with van der Waals surface area (Å²) in [6, 6.07) is 7.88. The van der Waals surface area contributed by atoms with Crippen LogP contribution in [0.4, 0.5) is 5.69 Å². The van der Waals surface area contributed by atoms with Gasteiger partial charge in [0.05, 0.1) is 0 Å². The topological polar surface area (TPSA) is 15.3 Å². The fourth-order valence-corrected chi connectivity index (χ4v) is 4.19. The quantitative estimate of drug-likeness (QED) is 0.898. The molecule has 0 radical (unpaired) electrons. The SMILES string of the molecule is CNCc1ccc(N2CCCC3CCCCC32)cc1C. The monoisotopic (exact) mass is 272 g/mol. The number of nitrogens with zero attached hydrogens (tertiary/aromatic N) is 1. The van der Waals surface area contributed by atoms with E-state index in [0.717, 1.165) is 18.5 Å². The first-order chi connectivity index (χ1) is 9.79. The first-order valence-electron chi connectivity index (χ1n) is 8.30. The van der Waals surface area contributed by atoms with Crippen LogP contribution in [0.2, 0.25) is 0 Å². The molecule has 0 bridgehead atoms. The molecule has 1 saturated carbocycles. The molecule has 2 fully saturated rings. The maximum atomic E-state index is 3.26. The molecule has 0 amide bonds. The van der Waals surface area contributed by atoms with Gasteiger partial charge in [0.1, 0.15) is 0 Å². The number of aryl methyl sites for hydroxylation is 1. The number of hydrogen-bond acceptors (Lipinski definition) is 2. The van der Waals surface area contributed by atoms with E-state index in [4.69, 9.17) is 0 Å². The molecule has 1 aliphatic heterocycles. The number of rotatable bonds is 3. The van der Waals surface area contributed by atoms with Crippen LogP contribution in [-0.4, -0.2) is 19.6 Å². The maximum Gasteiger partial charge on any atom is 0.0371 e. The van der Waals surface area contributed by atoms with Crippen molar-refractivity contribution in [2.45, 2.75) is 58.0 Å². The lowest BCUT2D eigenvalue weighted by Crippen LogP contribution is -2.46. The molecule has 0 aromatic heterocycles. The molecule has 1 N–H and O–H groups in total. The third-order valence-electron chi connectivity index (χ3n) is 5.27. The number of piperidine rings is 1. The molecule has 2 aliphatic rings. The lowest BCUT2D eigenvalue weighted by molar-refractivity contribution is 0.244. The Kier molecular flexibility index (Phi) is 4.30. The van der Waals surface area contributed by atoms with E-state index in [0.29, 0.717) is 0 Å². The van der Waals surface area contributed by atoms with Crippen LogP contribution in [0.25, 0.3) is 0 Å². The van der Waals surface area contributed by atoms with E-state index in [-0.39, 0.29) is 0 Å². The molecule has 1 aliphatic carbocycles. The summed E-state index contributed by atoms with van der Waals surface area (Å²) >= 11 is 0. The van der Waals surface area contributed by atoms with Gasteiger partial charge < -0.3 is 10.2 Å². The molecular formula is C18H28N2. The van der Waals surface area contributed by atoms with Crippen LogP contribution >= 0.6 is 0 Å². The van der Waals surface area contributed by atoms with Crippen LogP contribution in [-0.2, 0) is 6.54 Å². The van der Waals surface area contributed by atoms with Gasteiger partial charge in [-0.05, 0) is 68.8 Å². The molecular weight excluding hydrogens is 244 g/mol. The van der Waals surface area contributed by atoms with Gasteiger partial charge in [-0.3, -0.25) is 0 Å². The van der Waals surface area contributed by atoms with E-state index in [1.54, 1.807) is 0 Å². The number of fused-ring (bicyclic) bond motifs is 1. The summed E-state index contributed by atoms with van der Waals surface area (Å²) in [5.74, 6) is 0.954. The van der Waals surface area contributed by atoms with Crippen molar-refractivity contribution >= 4 is 5.69 Å². The largest absolute Gasteiger partial charge is 0.368 e. The summed E-state index contributed by atoms with van der Waals surface area (Å²) in [4.78, 5) is 2.71. The third-order valence-corrected chi connectivity index (χ3v) is 5.27. The summed E-state index contributed by atoms with van der Waals surface area (Å²) in [5.41, 5.74) is 4.31. The molecule has 1 heterocycles. The Morgan fingerprint density at radius 2 is 1.95 bits per heavy atom. The molecule has 2 heteroatoms. The van der Waals surface area contributed by atoms with Crippen molar-refractivity contribution in [3.05, 3.63) is 29.3 Å².